The summed E-state index contributed by atoms with van der Waals surface area (Å²) in [6.07, 6.45) is 8.83. The Morgan fingerprint density at radius 2 is 2.33 bits per heavy atom. The minimum atomic E-state index is 0.339. The fourth-order valence-electron chi connectivity index (χ4n) is 2.29. The van der Waals surface area contributed by atoms with Crippen LogP contribution in [0.1, 0.15) is 32.0 Å². The van der Waals surface area contributed by atoms with Gasteiger partial charge in [-0.1, -0.05) is 6.92 Å². The number of nitrogens with two attached hydrogens (primary N) is 1. The van der Waals surface area contributed by atoms with Crippen LogP contribution in [0.4, 0.5) is 0 Å². The van der Waals surface area contributed by atoms with Crippen LogP contribution >= 0.6 is 0 Å². The molecule has 0 radical (unpaired) electrons. The lowest BCUT2D eigenvalue weighted by Gasteiger charge is -2.27. The topological polar surface area (TPSA) is 43.8 Å². The van der Waals surface area contributed by atoms with Gasteiger partial charge in [-0.15, -0.1) is 0 Å². The summed E-state index contributed by atoms with van der Waals surface area (Å²) in [5.74, 6) is 2.04. The number of aromatic nitrogens is 2. The summed E-state index contributed by atoms with van der Waals surface area (Å²) in [7, 11) is 2.05. The molecule has 3 nitrogen and oxygen atoms in total. The number of hydrogen-bond acceptors (Lipinski definition) is 2. The largest absolute Gasteiger partial charge is 0.338 e. The van der Waals surface area contributed by atoms with E-state index in [1.165, 1.54) is 25.1 Å². The van der Waals surface area contributed by atoms with Crippen molar-refractivity contribution in [3.8, 4) is 0 Å². The van der Waals surface area contributed by atoms with E-state index in [0.717, 1.165) is 18.9 Å². The lowest BCUT2D eigenvalue weighted by atomic mass is 9.80. The lowest BCUT2D eigenvalue weighted by molar-refractivity contribution is 0.258. The molecule has 0 aliphatic heterocycles. The van der Waals surface area contributed by atoms with Crippen molar-refractivity contribution in [1.82, 2.24) is 9.55 Å². The fourth-order valence-corrected chi connectivity index (χ4v) is 2.29. The maximum absolute atomic E-state index is 5.90. The Bertz CT molecular complexity index is 327. The number of rotatable bonds is 5. The standard InChI is InChI=1S/C12H21N3/c1-12(9-13,10-3-4-10)6-5-11-14-7-8-15(11)2/h7-8,10H,3-6,9,13H2,1-2H3. The van der Waals surface area contributed by atoms with Crippen LogP contribution in [0.25, 0.3) is 0 Å². The molecule has 1 aromatic rings. The molecule has 0 bridgehead atoms. The molecule has 1 unspecified atom stereocenters. The normalized spacial score (nSPS) is 20.2. The fraction of sp³-hybridized carbons (Fsp3) is 0.750. The lowest BCUT2D eigenvalue weighted by Crippen LogP contribution is -2.30. The minimum absolute atomic E-state index is 0.339. The van der Waals surface area contributed by atoms with E-state index in [4.69, 9.17) is 5.73 Å². The molecule has 0 aromatic carbocycles. The molecule has 84 valence electrons. The highest BCUT2D eigenvalue weighted by Crippen LogP contribution is 2.47. The number of nitrogens with zero attached hydrogens (tertiary/aromatic N) is 2. The Morgan fingerprint density at radius 3 is 2.80 bits per heavy atom. The SMILES string of the molecule is Cn1ccnc1CCC(C)(CN)C1CC1. The Kier molecular flexibility index (Phi) is 2.83. The van der Waals surface area contributed by atoms with E-state index in [1.807, 2.05) is 12.4 Å². The quantitative estimate of drug-likeness (QED) is 0.799. The van der Waals surface area contributed by atoms with Crippen LogP contribution in [0.2, 0.25) is 0 Å². The third-order valence-corrected chi connectivity index (χ3v) is 3.87. The second-order valence-corrected chi connectivity index (χ2v) is 5.09. The molecule has 1 fully saturated rings. The van der Waals surface area contributed by atoms with Gasteiger partial charge in [0.25, 0.3) is 0 Å². The summed E-state index contributed by atoms with van der Waals surface area (Å²) < 4.78 is 2.10. The molecular weight excluding hydrogens is 186 g/mol. The van der Waals surface area contributed by atoms with Gasteiger partial charge < -0.3 is 10.3 Å². The average molecular weight is 207 g/mol. The number of aryl methyl sites for hydroxylation is 2. The van der Waals surface area contributed by atoms with E-state index < -0.39 is 0 Å². The average Bonchev–Trinajstić information content (AvgIpc) is 3.01. The van der Waals surface area contributed by atoms with Gasteiger partial charge in [0, 0.05) is 25.9 Å². The van der Waals surface area contributed by atoms with Crippen LogP contribution in [0.3, 0.4) is 0 Å². The highest BCUT2D eigenvalue weighted by atomic mass is 15.0. The van der Waals surface area contributed by atoms with Gasteiger partial charge in [0.15, 0.2) is 0 Å². The Balaban J connectivity index is 1.94. The van der Waals surface area contributed by atoms with Crippen molar-refractivity contribution in [2.75, 3.05) is 6.54 Å². The van der Waals surface area contributed by atoms with Crippen molar-refractivity contribution in [2.45, 2.75) is 32.6 Å². The van der Waals surface area contributed by atoms with Crippen molar-refractivity contribution in [2.24, 2.45) is 24.1 Å². The van der Waals surface area contributed by atoms with Crippen LogP contribution < -0.4 is 5.73 Å². The minimum Gasteiger partial charge on any atom is -0.338 e. The molecule has 1 atom stereocenters. The molecule has 0 amide bonds. The van der Waals surface area contributed by atoms with Crippen molar-refractivity contribution >= 4 is 0 Å². The molecule has 1 saturated carbocycles. The number of hydrogen-bond donors (Lipinski definition) is 1. The first-order valence-corrected chi connectivity index (χ1v) is 5.82. The summed E-state index contributed by atoms with van der Waals surface area (Å²) in [5, 5.41) is 0. The predicted octanol–water partition coefficient (Wildman–Crippen LogP) is 1.73. The summed E-state index contributed by atoms with van der Waals surface area (Å²) in [5.41, 5.74) is 6.24. The van der Waals surface area contributed by atoms with Gasteiger partial charge in [-0.3, -0.25) is 0 Å². The molecule has 0 spiro atoms. The third kappa shape index (κ3) is 2.23. The smallest absolute Gasteiger partial charge is 0.108 e. The predicted molar refractivity (Wildman–Crippen MR) is 61.4 cm³/mol. The molecule has 1 aliphatic carbocycles. The second-order valence-electron chi connectivity index (χ2n) is 5.09. The summed E-state index contributed by atoms with van der Waals surface area (Å²) in [6.45, 7) is 3.13. The van der Waals surface area contributed by atoms with Gasteiger partial charge in [0.1, 0.15) is 5.82 Å². The van der Waals surface area contributed by atoms with Gasteiger partial charge in [-0.25, -0.2) is 4.98 Å². The zero-order valence-electron chi connectivity index (χ0n) is 9.74. The molecule has 0 saturated heterocycles. The first-order chi connectivity index (χ1) is 7.15. The molecule has 15 heavy (non-hydrogen) atoms. The van der Waals surface area contributed by atoms with Crippen LogP contribution in [0.15, 0.2) is 12.4 Å². The van der Waals surface area contributed by atoms with Crippen molar-refractivity contribution in [3.05, 3.63) is 18.2 Å². The molecule has 1 aliphatic rings. The monoisotopic (exact) mass is 207 g/mol. The Morgan fingerprint density at radius 1 is 1.60 bits per heavy atom. The maximum Gasteiger partial charge on any atom is 0.108 e. The second kappa shape index (κ2) is 3.97. The molecule has 2 rings (SSSR count). The zero-order valence-corrected chi connectivity index (χ0v) is 9.74. The van der Waals surface area contributed by atoms with E-state index >= 15 is 0 Å². The van der Waals surface area contributed by atoms with Crippen LogP contribution in [-0.4, -0.2) is 16.1 Å². The van der Waals surface area contributed by atoms with Gasteiger partial charge >= 0.3 is 0 Å². The van der Waals surface area contributed by atoms with E-state index in [1.54, 1.807) is 0 Å². The van der Waals surface area contributed by atoms with Crippen LogP contribution in [-0.2, 0) is 13.5 Å². The first-order valence-electron chi connectivity index (χ1n) is 5.82. The Hall–Kier alpha value is -0.830. The molecule has 3 heteroatoms. The summed E-state index contributed by atoms with van der Waals surface area (Å²) in [4.78, 5) is 4.36. The highest BCUT2D eigenvalue weighted by Gasteiger charge is 2.39. The molecule has 2 N–H and O–H groups in total. The Labute approximate surface area is 91.7 Å². The van der Waals surface area contributed by atoms with E-state index in [-0.39, 0.29) is 0 Å². The van der Waals surface area contributed by atoms with Gasteiger partial charge in [-0.2, -0.15) is 0 Å². The van der Waals surface area contributed by atoms with Crippen molar-refractivity contribution < 1.29 is 0 Å². The van der Waals surface area contributed by atoms with Crippen molar-refractivity contribution in [3.63, 3.8) is 0 Å². The molecular formula is C12H21N3. The van der Waals surface area contributed by atoms with E-state index in [2.05, 4.69) is 23.5 Å². The molecule has 1 aromatic heterocycles. The zero-order chi connectivity index (χ0) is 10.9. The third-order valence-electron chi connectivity index (χ3n) is 3.87. The number of imidazole rings is 1. The van der Waals surface area contributed by atoms with Crippen LogP contribution in [0.5, 0.6) is 0 Å². The summed E-state index contributed by atoms with van der Waals surface area (Å²) >= 11 is 0. The van der Waals surface area contributed by atoms with Crippen LogP contribution in [0, 0.1) is 11.3 Å². The highest BCUT2D eigenvalue weighted by molar-refractivity contribution is 4.97. The van der Waals surface area contributed by atoms with Gasteiger partial charge in [0.2, 0.25) is 0 Å². The van der Waals surface area contributed by atoms with E-state index in [9.17, 15) is 0 Å². The van der Waals surface area contributed by atoms with Crippen molar-refractivity contribution in [1.29, 1.82) is 0 Å². The summed E-state index contributed by atoms with van der Waals surface area (Å²) in [6, 6.07) is 0. The van der Waals surface area contributed by atoms with E-state index in [0.29, 0.717) is 5.41 Å². The first kappa shape index (κ1) is 10.7. The van der Waals surface area contributed by atoms with Gasteiger partial charge in [0.05, 0.1) is 0 Å². The van der Waals surface area contributed by atoms with Gasteiger partial charge in [-0.05, 0) is 37.1 Å². The molecule has 1 heterocycles. The maximum atomic E-state index is 5.90.